The maximum Gasteiger partial charge on any atom is 0.410 e. The number of fused-ring (bicyclic) bond motifs is 1. The zero-order valence-corrected chi connectivity index (χ0v) is 26.5. The highest BCUT2D eigenvalue weighted by Crippen LogP contribution is 2.28. The van der Waals surface area contributed by atoms with E-state index in [1.807, 2.05) is 70.2 Å². The van der Waals surface area contributed by atoms with Crippen molar-refractivity contribution in [2.45, 2.75) is 65.8 Å². The summed E-state index contributed by atoms with van der Waals surface area (Å²) in [5, 5.41) is 0. The fourth-order valence-electron chi connectivity index (χ4n) is 6.01. The predicted octanol–water partition coefficient (Wildman–Crippen LogP) is 3.52. The number of morpholine rings is 1. The number of carbonyl (C=O) groups is 3. The molecule has 238 valence electrons. The summed E-state index contributed by atoms with van der Waals surface area (Å²) in [5.74, 6) is -0.211. The molecule has 0 spiro atoms. The Balaban J connectivity index is 1.48. The molecule has 3 amide bonds. The molecule has 1 aromatic carbocycles. The van der Waals surface area contributed by atoms with Gasteiger partial charge in [-0.05, 0) is 45.2 Å². The first kappa shape index (κ1) is 31.5. The fourth-order valence-corrected chi connectivity index (χ4v) is 6.01. The van der Waals surface area contributed by atoms with Crippen LogP contribution < -0.4 is 0 Å². The zero-order chi connectivity index (χ0) is 31.4. The van der Waals surface area contributed by atoms with E-state index in [-0.39, 0.29) is 30.8 Å². The minimum atomic E-state index is -0.693. The number of ether oxygens (including phenoxy) is 2. The second-order valence-electron chi connectivity index (χ2n) is 13.1. The first-order valence-corrected chi connectivity index (χ1v) is 15.6. The Morgan fingerprint density at radius 1 is 1.07 bits per heavy atom. The zero-order valence-electron chi connectivity index (χ0n) is 26.5. The number of nitrogens with zero attached hydrogens (tertiary/aromatic N) is 7. The van der Waals surface area contributed by atoms with Crippen LogP contribution in [0.25, 0.3) is 11.0 Å². The molecule has 0 bridgehead atoms. The number of imidazole rings is 2. The molecule has 2 aliphatic heterocycles. The van der Waals surface area contributed by atoms with E-state index in [1.165, 1.54) is 0 Å². The van der Waals surface area contributed by atoms with Crippen LogP contribution in [-0.2, 0) is 27.4 Å². The molecule has 2 aliphatic rings. The number of hydrogen-bond donors (Lipinski definition) is 0. The third kappa shape index (κ3) is 7.40. The van der Waals surface area contributed by atoms with Crippen LogP contribution in [0.4, 0.5) is 4.79 Å². The van der Waals surface area contributed by atoms with Gasteiger partial charge in [-0.25, -0.2) is 14.8 Å². The lowest BCUT2D eigenvalue weighted by molar-refractivity contribution is -0.142. The molecule has 5 rings (SSSR count). The molecule has 0 radical (unpaired) electrons. The van der Waals surface area contributed by atoms with Crippen molar-refractivity contribution in [3.8, 4) is 0 Å². The number of benzene rings is 1. The molecular weight excluding hydrogens is 562 g/mol. The standard InChI is InChI=1S/C32H45N7O5/c1-23(2)19-39(30(41)28-34-26-8-6-7-9-27(26)38(28)13-12-35-11-10-33-22-35)25-18-24(29(40)36-14-16-43-17-15-36)20-37(21-25)31(42)44-32(3,4)5/h6-11,22-25H,12-21H2,1-5H3/t24-,25?/m1/s1. The Hall–Kier alpha value is -3.93. The molecule has 0 aliphatic carbocycles. The van der Waals surface area contributed by atoms with E-state index in [4.69, 9.17) is 14.5 Å². The summed E-state index contributed by atoms with van der Waals surface area (Å²) in [6, 6.07) is 7.34. The molecule has 2 saturated heterocycles. The Kier molecular flexibility index (Phi) is 9.57. The van der Waals surface area contributed by atoms with Crippen LogP contribution >= 0.6 is 0 Å². The van der Waals surface area contributed by atoms with Gasteiger partial charge in [-0.15, -0.1) is 0 Å². The first-order chi connectivity index (χ1) is 21.0. The highest BCUT2D eigenvalue weighted by molar-refractivity contribution is 5.95. The molecular formula is C32H45N7O5. The molecule has 12 nitrogen and oxygen atoms in total. The van der Waals surface area contributed by atoms with Crippen molar-refractivity contribution >= 4 is 28.9 Å². The van der Waals surface area contributed by atoms with Crippen molar-refractivity contribution in [3.05, 3.63) is 48.8 Å². The summed E-state index contributed by atoms with van der Waals surface area (Å²) < 4.78 is 15.2. The predicted molar refractivity (Wildman–Crippen MR) is 165 cm³/mol. The van der Waals surface area contributed by atoms with Crippen LogP contribution in [0.15, 0.2) is 43.0 Å². The Morgan fingerprint density at radius 2 is 1.82 bits per heavy atom. The average molecular weight is 608 g/mol. The Bertz CT molecular complexity index is 1440. The largest absolute Gasteiger partial charge is 0.444 e. The van der Waals surface area contributed by atoms with Gasteiger partial charge in [0.05, 0.1) is 42.5 Å². The molecule has 2 atom stereocenters. The molecule has 44 heavy (non-hydrogen) atoms. The summed E-state index contributed by atoms with van der Waals surface area (Å²) in [7, 11) is 0. The normalized spacial score (nSPS) is 19.4. The molecule has 4 heterocycles. The minimum Gasteiger partial charge on any atom is -0.444 e. The van der Waals surface area contributed by atoms with Gasteiger partial charge in [-0.1, -0.05) is 26.0 Å². The summed E-state index contributed by atoms with van der Waals surface area (Å²) in [6.07, 6.45) is 5.35. The van der Waals surface area contributed by atoms with Gasteiger partial charge in [0.1, 0.15) is 5.60 Å². The van der Waals surface area contributed by atoms with Crippen molar-refractivity contribution in [2.75, 3.05) is 45.9 Å². The highest BCUT2D eigenvalue weighted by Gasteiger charge is 2.41. The molecule has 0 N–H and O–H groups in total. The lowest BCUT2D eigenvalue weighted by Gasteiger charge is -2.44. The molecule has 3 aromatic rings. The SMILES string of the molecule is CC(C)CN(C(=O)c1nc2ccccc2n1CCn1ccnc1)C1C[C@@H](C(=O)N2CCOCC2)CN(C(=O)OC(C)(C)C)C1. The third-order valence-electron chi connectivity index (χ3n) is 8.00. The van der Waals surface area contributed by atoms with Gasteiger partial charge < -0.3 is 33.3 Å². The van der Waals surface area contributed by atoms with E-state index >= 15 is 0 Å². The number of piperidine rings is 1. The number of likely N-dealkylation sites (tertiary alicyclic amines) is 1. The van der Waals surface area contributed by atoms with Crippen LogP contribution in [0.3, 0.4) is 0 Å². The van der Waals surface area contributed by atoms with Crippen molar-refractivity contribution in [3.63, 3.8) is 0 Å². The van der Waals surface area contributed by atoms with Gasteiger partial charge in [-0.2, -0.15) is 0 Å². The van der Waals surface area contributed by atoms with Crippen LogP contribution in [0.2, 0.25) is 0 Å². The fraction of sp³-hybridized carbons (Fsp3) is 0.594. The summed E-state index contributed by atoms with van der Waals surface area (Å²) in [5.41, 5.74) is 0.923. The van der Waals surface area contributed by atoms with E-state index < -0.39 is 23.7 Å². The van der Waals surface area contributed by atoms with Crippen LogP contribution in [0.1, 0.15) is 51.7 Å². The number of carbonyl (C=O) groups excluding carboxylic acids is 3. The Morgan fingerprint density at radius 3 is 2.50 bits per heavy atom. The van der Waals surface area contributed by atoms with Crippen LogP contribution in [-0.4, -0.2) is 109 Å². The number of amides is 3. The molecule has 0 saturated carbocycles. The van der Waals surface area contributed by atoms with Gasteiger partial charge in [0.15, 0.2) is 5.82 Å². The van der Waals surface area contributed by atoms with Gasteiger partial charge in [0, 0.05) is 58.2 Å². The van der Waals surface area contributed by atoms with Crippen molar-refractivity contribution < 1.29 is 23.9 Å². The summed E-state index contributed by atoms with van der Waals surface area (Å²) in [6.45, 7) is 13.7. The van der Waals surface area contributed by atoms with E-state index in [9.17, 15) is 14.4 Å². The molecule has 1 unspecified atom stereocenters. The van der Waals surface area contributed by atoms with E-state index in [0.29, 0.717) is 58.2 Å². The minimum absolute atomic E-state index is 0.0175. The quantitative estimate of drug-likeness (QED) is 0.385. The monoisotopic (exact) mass is 607 g/mol. The van der Waals surface area contributed by atoms with E-state index in [1.54, 1.807) is 17.4 Å². The van der Waals surface area contributed by atoms with E-state index in [2.05, 4.69) is 18.8 Å². The summed E-state index contributed by atoms with van der Waals surface area (Å²) >= 11 is 0. The Labute approximate surface area is 258 Å². The van der Waals surface area contributed by atoms with Crippen molar-refractivity contribution in [1.29, 1.82) is 0 Å². The number of hydrogen-bond acceptors (Lipinski definition) is 7. The number of para-hydroxylation sites is 2. The maximum absolute atomic E-state index is 14.6. The molecule has 2 aromatic heterocycles. The second kappa shape index (κ2) is 13.4. The third-order valence-corrected chi connectivity index (χ3v) is 8.00. The lowest BCUT2D eigenvalue weighted by Crippen LogP contribution is -2.58. The lowest BCUT2D eigenvalue weighted by atomic mass is 9.91. The topological polar surface area (TPSA) is 115 Å². The van der Waals surface area contributed by atoms with Gasteiger partial charge in [0.25, 0.3) is 5.91 Å². The number of rotatable bonds is 8. The highest BCUT2D eigenvalue weighted by atomic mass is 16.6. The number of aryl methyl sites for hydroxylation is 2. The van der Waals surface area contributed by atoms with Gasteiger partial charge in [0.2, 0.25) is 5.91 Å². The van der Waals surface area contributed by atoms with Crippen molar-refractivity contribution in [2.24, 2.45) is 11.8 Å². The average Bonchev–Trinajstić information content (AvgIpc) is 3.65. The number of aromatic nitrogens is 4. The summed E-state index contributed by atoms with van der Waals surface area (Å²) in [4.78, 5) is 56.0. The first-order valence-electron chi connectivity index (χ1n) is 15.6. The van der Waals surface area contributed by atoms with Crippen LogP contribution in [0, 0.1) is 11.8 Å². The van der Waals surface area contributed by atoms with Crippen molar-refractivity contribution in [1.82, 2.24) is 33.8 Å². The van der Waals surface area contributed by atoms with Gasteiger partial charge >= 0.3 is 6.09 Å². The van der Waals surface area contributed by atoms with Gasteiger partial charge in [-0.3, -0.25) is 9.59 Å². The smallest absolute Gasteiger partial charge is 0.410 e. The molecule has 2 fully saturated rings. The maximum atomic E-state index is 14.6. The molecule has 12 heteroatoms. The van der Waals surface area contributed by atoms with E-state index in [0.717, 1.165) is 11.0 Å². The second-order valence-corrected chi connectivity index (χ2v) is 13.1. The van der Waals surface area contributed by atoms with Crippen LogP contribution in [0.5, 0.6) is 0 Å².